The molecule has 0 aliphatic carbocycles. The minimum absolute atomic E-state index is 0.0138. The van der Waals surface area contributed by atoms with E-state index in [1.54, 1.807) is 0 Å². The van der Waals surface area contributed by atoms with E-state index in [4.69, 9.17) is 9.84 Å². The first-order chi connectivity index (χ1) is 12.7. The van der Waals surface area contributed by atoms with Crippen molar-refractivity contribution >= 4 is 58.2 Å². The fourth-order valence-corrected chi connectivity index (χ4v) is 3.26. The highest BCUT2D eigenvalue weighted by Crippen LogP contribution is 2.16. The summed E-state index contributed by atoms with van der Waals surface area (Å²) in [5, 5.41) is 20.3. The molecule has 0 aliphatic rings. The molecule has 3 N–H and O–H groups in total. The number of alkyl carbamates (subject to hydrolysis) is 1. The quantitative estimate of drug-likeness (QED) is 0.385. The lowest BCUT2D eigenvalue weighted by atomic mass is 10.1. The van der Waals surface area contributed by atoms with Gasteiger partial charge in [-0.05, 0) is 53.6 Å². The maximum atomic E-state index is 11.8. The smallest absolute Gasteiger partial charge is 0.408 e. The van der Waals surface area contributed by atoms with Gasteiger partial charge in [0.25, 0.3) is 0 Å². The van der Waals surface area contributed by atoms with Gasteiger partial charge >= 0.3 is 18.0 Å². The summed E-state index contributed by atoms with van der Waals surface area (Å²) < 4.78 is 5.92. The first-order valence-electron chi connectivity index (χ1n) is 7.93. The molecule has 0 fully saturated rings. The molecule has 27 heavy (non-hydrogen) atoms. The molecule has 1 amide bonds. The lowest BCUT2D eigenvalue weighted by Gasteiger charge is -2.17. The Balaban J connectivity index is 2.52. The van der Waals surface area contributed by atoms with E-state index in [0.29, 0.717) is 5.75 Å². The minimum atomic E-state index is -1.42. The number of thioether (sulfide) groups is 1. The Hall–Kier alpha value is -1.82. The van der Waals surface area contributed by atoms with Crippen LogP contribution < -0.4 is 5.32 Å². The molecule has 0 saturated carbocycles. The highest BCUT2D eigenvalue weighted by Gasteiger charge is 2.26. The second kappa shape index (κ2) is 11.8. The van der Waals surface area contributed by atoms with Crippen LogP contribution in [0.2, 0.25) is 0 Å². The molecular weight excluding hydrogens is 493 g/mol. The average Bonchev–Trinajstić information content (AvgIpc) is 2.58. The monoisotopic (exact) mass is 513 g/mol. The molecule has 1 rings (SSSR count). The molecule has 0 unspecified atom stereocenters. The molecule has 0 heterocycles. The zero-order valence-corrected chi connectivity index (χ0v) is 17.5. The summed E-state index contributed by atoms with van der Waals surface area (Å²) in [7, 11) is 0. The number of carbonyl (C=O) groups excluding carboxylic acids is 2. The lowest BCUT2D eigenvalue weighted by Crippen LogP contribution is -2.44. The van der Waals surface area contributed by atoms with Gasteiger partial charge in [-0.25, -0.2) is 14.4 Å². The van der Waals surface area contributed by atoms with Crippen LogP contribution in [0.25, 0.3) is 0 Å². The Morgan fingerprint density at radius 1 is 1.15 bits per heavy atom. The van der Waals surface area contributed by atoms with Gasteiger partial charge in [-0.15, -0.1) is 0 Å². The lowest BCUT2D eigenvalue weighted by molar-refractivity contribution is -0.145. The van der Waals surface area contributed by atoms with Crippen LogP contribution in [0.5, 0.6) is 0 Å². The fraction of sp³-hybridized carbons (Fsp3) is 0.412. The molecule has 8 nitrogen and oxygen atoms in total. The van der Waals surface area contributed by atoms with Gasteiger partial charge in [-0.3, -0.25) is 0 Å². The molecule has 0 saturated heterocycles. The number of nitrogens with one attached hydrogen (secondary N) is 1. The maximum absolute atomic E-state index is 11.8. The molecule has 2 atom stereocenters. The van der Waals surface area contributed by atoms with Gasteiger partial charge in [0.1, 0.15) is 11.8 Å². The van der Waals surface area contributed by atoms with Crippen LogP contribution in [0.15, 0.2) is 24.3 Å². The topological polar surface area (TPSA) is 130 Å². The summed E-state index contributed by atoms with van der Waals surface area (Å²) in [4.78, 5) is 45.2. The molecule has 0 aliphatic heterocycles. The molecule has 1 aromatic rings. The summed E-state index contributed by atoms with van der Waals surface area (Å²) in [6, 6.07) is 6.38. The predicted octanol–water partition coefficient (Wildman–Crippen LogP) is 2.53. The number of halogens is 1. The summed E-state index contributed by atoms with van der Waals surface area (Å²) in [6.07, 6.45) is -2.68. The van der Waals surface area contributed by atoms with Crippen molar-refractivity contribution < 1.29 is 34.1 Å². The number of benzene rings is 1. The van der Waals surface area contributed by atoms with E-state index < -0.39 is 30.2 Å². The second-order valence-electron chi connectivity index (χ2n) is 5.65. The van der Waals surface area contributed by atoms with Crippen LogP contribution in [0.4, 0.5) is 4.79 Å². The third kappa shape index (κ3) is 9.61. The number of carboxylic acid groups (broad SMARTS) is 2. The molecule has 0 spiro atoms. The van der Waals surface area contributed by atoms with E-state index in [0.717, 1.165) is 9.13 Å². The van der Waals surface area contributed by atoms with Crippen molar-refractivity contribution in [3.8, 4) is 0 Å². The van der Waals surface area contributed by atoms with Gasteiger partial charge in [0.15, 0.2) is 0 Å². The maximum Gasteiger partial charge on any atom is 0.408 e. The summed E-state index contributed by atoms with van der Waals surface area (Å²) in [6.45, 7) is 1.31. The number of hydrogen-bond donors (Lipinski definition) is 3. The number of rotatable bonds is 11. The van der Waals surface area contributed by atoms with Gasteiger partial charge in [-0.2, -0.15) is 11.8 Å². The van der Waals surface area contributed by atoms with Crippen LogP contribution in [-0.2, 0) is 24.9 Å². The average molecular weight is 513 g/mol. The van der Waals surface area contributed by atoms with Gasteiger partial charge < -0.3 is 25.1 Å². The van der Waals surface area contributed by atoms with Crippen molar-refractivity contribution in [1.82, 2.24) is 5.32 Å². The number of aliphatic carboxylic acids is 2. The molecular formula is C17H20INO7S. The molecule has 1 aromatic carbocycles. The SMILES string of the molecule is CC(=O)CC[C@H](NC(=O)O[C@@H](CSCc1ccc([131I])cc1)C(=O)O)C(=O)O. The number of carbonyl (C=O) groups is 4. The fourth-order valence-electron chi connectivity index (χ4n) is 1.93. The zero-order chi connectivity index (χ0) is 20.4. The Kier molecular flexibility index (Phi) is 10.1. The predicted molar refractivity (Wildman–Crippen MR) is 108 cm³/mol. The first-order valence-corrected chi connectivity index (χ1v) is 10.2. The van der Waals surface area contributed by atoms with E-state index in [1.165, 1.54) is 18.7 Å². The molecule has 0 bridgehead atoms. The van der Waals surface area contributed by atoms with E-state index in [9.17, 15) is 24.3 Å². The van der Waals surface area contributed by atoms with E-state index >= 15 is 0 Å². The summed E-state index contributed by atoms with van der Waals surface area (Å²) in [5.74, 6) is -2.31. The number of Topliss-reactive ketones (excluding diaryl/α,β-unsaturated/α-hetero) is 1. The number of hydrogen-bond acceptors (Lipinski definition) is 6. The van der Waals surface area contributed by atoms with Crippen molar-refractivity contribution in [1.29, 1.82) is 0 Å². The van der Waals surface area contributed by atoms with Gasteiger partial charge in [0, 0.05) is 21.5 Å². The third-order valence-electron chi connectivity index (χ3n) is 3.35. The molecule has 10 heteroatoms. The van der Waals surface area contributed by atoms with Gasteiger partial charge in [0.05, 0.1) is 0 Å². The number of ketones is 1. The first kappa shape index (κ1) is 23.2. The van der Waals surface area contributed by atoms with Crippen molar-refractivity contribution in [3.05, 3.63) is 33.4 Å². The zero-order valence-electron chi connectivity index (χ0n) is 14.5. The van der Waals surface area contributed by atoms with Crippen molar-refractivity contribution in [2.45, 2.75) is 37.7 Å². The molecule has 0 aromatic heterocycles. The van der Waals surface area contributed by atoms with E-state index in [1.807, 2.05) is 24.3 Å². The highest BCUT2D eigenvalue weighted by atomic mass is 131. The molecule has 0 radical (unpaired) electrons. The summed E-state index contributed by atoms with van der Waals surface area (Å²) in [5.41, 5.74) is 1.00. The van der Waals surface area contributed by atoms with E-state index in [-0.39, 0.29) is 24.4 Å². The van der Waals surface area contributed by atoms with Crippen molar-refractivity contribution in [2.75, 3.05) is 5.75 Å². The van der Waals surface area contributed by atoms with Gasteiger partial charge in [0.2, 0.25) is 6.10 Å². The molecule has 148 valence electrons. The van der Waals surface area contributed by atoms with Crippen LogP contribution >= 0.6 is 34.4 Å². The van der Waals surface area contributed by atoms with Crippen LogP contribution in [0.3, 0.4) is 0 Å². The van der Waals surface area contributed by atoms with Crippen molar-refractivity contribution in [3.63, 3.8) is 0 Å². The van der Waals surface area contributed by atoms with Crippen molar-refractivity contribution in [2.24, 2.45) is 0 Å². The number of carboxylic acids is 2. The third-order valence-corrected chi connectivity index (χ3v) is 5.15. The number of ether oxygens (including phenoxy) is 1. The minimum Gasteiger partial charge on any atom is -0.480 e. The van der Waals surface area contributed by atoms with Crippen LogP contribution in [0.1, 0.15) is 25.3 Å². The van der Waals surface area contributed by atoms with Gasteiger partial charge in [-0.1, -0.05) is 12.1 Å². The Morgan fingerprint density at radius 3 is 2.30 bits per heavy atom. The highest BCUT2D eigenvalue weighted by molar-refractivity contribution is 14.1. The summed E-state index contributed by atoms with van der Waals surface area (Å²) >= 11 is 3.46. The second-order valence-corrected chi connectivity index (χ2v) is 7.93. The normalized spacial score (nSPS) is 12.7. The number of amides is 1. The van der Waals surface area contributed by atoms with Crippen LogP contribution in [-0.4, -0.2) is 51.9 Å². The Bertz CT molecular complexity index is 680. The van der Waals surface area contributed by atoms with Crippen LogP contribution in [0, 0.1) is 3.57 Å². The largest absolute Gasteiger partial charge is 0.480 e. The van der Waals surface area contributed by atoms with E-state index in [2.05, 4.69) is 27.9 Å². The standard InChI is InChI=1S/C17H20INO7S/c1-10(20)2-7-13(15(21)22)19-17(25)26-14(16(23)24)9-27-8-11-3-5-12(18)6-4-11/h3-6,13-14H,2,7-9H2,1H3,(H,19,25)(H,21,22)(H,23,24)/t13-,14-/m0/s1/i18+4. The Labute approximate surface area is 174 Å². The Morgan fingerprint density at radius 2 is 1.78 bits per heavy atom.